The van der Waals surface area contributed by atoms with Crippen LogP contribution in [-0.2, 0) is 0 Å². The zero-order chi connectivity index (χ0) is 13.3. The first-order valence-electron chi connectivity index (χ1n) is 6.97. The molecule has 1 aliphatic rings. The quantitative estimate of drug-likeness (QED) is 0.885. The third kappa shape index (κ3) is 2.26. The predicted octanol–water partition coefficient (Wildman–Crippen LogP) is 3.37. The van der Waals surface area contributed by atoms with E-state index in [4.69, 9.17) is 0 Å². The lowest BCUT2D eigenvalue weighted by molar-refractivity contribution is 0.0663. The molecule has 0 bridgehead atoms. The van der Waals surface area contributed by atoms with Crippen molar-refractivity contribution in [3.8, 4) is 0 Å². The van der Waals surface area contributed by atoms with Crippen LogP contribution in [0.25, 0.3) is 0 Å². The zero-order valence-electron chi connectivity index (χ0n) is 12.0. The molecule has 2 atom stereocenters. The number of benzene rings is 1. The highest BCUT2D eigenvalue weighted by Crippen LogP contribution is 2.41. The molecule has 0 aliphatic heterocycles. The summed E-state index contributed by atoms with van der Waals surface area (Å²) < 4.78 is 0. The Morgan fingerprint density at radius 1 is 1.33 bits per heavy atom. The molecular formula is C16H25NO. The Morgan fingerprint density at radius 2 is 2.00 bits per heavy atom. The first-order valence-corrected chi connectivity index (χ1v) is 6.97. The van der Waals surface area contributed by atoms with Crippen LogP contribution in [0, 0.1) is 12.3 Å². The van der Waals surface area contributed by atoms with Gasteiger partial charge in [-0.15, -0.1) is 0 Å². The summed E-state index contributed by atoms with van der Waals surface area (Å²) in [6, 6.07) is 8.71. The van der Waals surface area contributed by atoms with E-state index >= 15 is 0 Å². The Bertz CT molecular complexity index is 413. The SMILES string of the molecule is CCN(c1ccccc1C)C1CCC(C)(C)C1O. The fourth-order valence-electron chi connectivity index (χ4n) is 3.14. The Hall–Kier alpha value is -1.02. The topological polar surface area (TPSA) is 23.5 Å². The van der Waals surface area contributed by atoms with Gasteiger partial charge >= 0.3 is 0 Å². The minimum Gasteiger partial charge on any atom is -0.390 e. The summed E-state index contributed by atoms with van der Waals surface area (Å²) in [6.45, 7) is 9.60. The molecule has 2 rings (SSSR count). The van der Waals surface area contributed by atoms with Crippen molar-refractivity contribution in [3.05, 3.63) is 29.8 Å². The molecule has 1 aromatic carbocycles. The summed E-state index contributed by atoms with van der Waals surface area (Å²) in [5.41, 5.74) is 2.60. The number of likely N-dealkylation sites (N-methyl/N-ethyl adjacent to an activating group) is 1. The number of aliphatic hydroxyl groups is 1. The molecule has 100 valence electrons. The van der Waals surface area contributed by atoms with Crippen molar-refractivity contribution in [1.82, 2.24) is 0 Å². The minimum absolute atomic E-state index is 0.0424. The zero-order valence-corrected chi connectivity index (χ0v) is 12.0. The van der Waals surface area contributed by atoms with Gasteiger partial charge in [-0.25, -0.2) is 0 Å². The fraction of sp³-hybridized carbons (Fsp3) is 0.625. The lowest BCUT2D eigenvalue weighted by atomic mass is 9.88. The van der Waals surface area contributed by atoms with Crippen LogP contribution in [0.5, 0.6) is 0 Å². The first kappa shape index (κ1) is 13.4. The van der Waals surface area contributed by atoms with Crippen molar-refractivity contribution < 1.29 is 5.11 Å². The van der Waals surface area contributed by atoms with Crippen molar-refractivity contribution in [2.24, 2.45) is 5.41 Å². The predicted molar refractivity (Wildman–Crippen MR) is 77.0 cm³/mol. The number of hydrogen-bond acceptors (Lipinski definition) is 2. The molecule has 1 N–H and O–H groups in total. The van der Waals surface area contributed by atoms with Crippen LogP contribution in [0.2, 0.25) is 0 Å². The number of hydrogen-bond donors (Lipinski definition) is 1. The maximum Gasteiger partial charge on any atom is 0.0794 e. The first-order chi connectivity index (χ1) is 8.47. The molecule has 2 unspecified atom stereocenters. The van der Waals surface area contributed by atoms with Gasteiger partial charge in [0, 0.05) is 12.2 Å². The van der Waals surface area contributed by atoms with Crippen LogP contribution in [0.1, 0.15) is 39.2 Å². The molecule has 1 saturated carbocycles. The number of aliphatic hydroxyl groups excluding tert-OH is 1. The number of anilines is 1. The van der Waals surface area contributed by atoms with Gasteiger partial charge in [0.1, 0.15) is 0 Å². The van der Waals surface area contributed by atoms with Gasteiger partial charge < -0.3 is 10.0 Å². The van der Waals surface area contributed by atoms with Crippen LogP contribution in [-0.4, -0.2) is 23.8 Å². The minimum atomic E-state index is -0.239. The number of para-hydroxylation sites is 1. The van der Waals surface area contributed by atoms with Crippen molar-refractivity contribution in [1.29, 1.82) is 0 Å². The molecule has 0 radical (unpaired) electrons. The van der Waals surface area contributed by atoms with Crippen LogP contribution in [0.15, 0.2) is 24.3 Å². The smallest absolute Gasteiger partial charge is 0.0794 e. The highest BCUT2D eigenvalue weighted by molar-refractivity contribution is 5.54. The lowest BCUT2D eigenvalue weighted by Crippen LogP contribution is -2.44. The summed E-state index contributed by atoms with van der Waals surface area (Å²) in [6.07, 6.45) is 1.94. The monoisotopic (exact) mass is 247 g/mol. The number of aryl methyl sites for hydroxylation is 1. The van der Waals surface area contributed by atoms with E-state index in [2.05, 4.69) is 56.9 Å². The Labute approximate surface area is 111 Å². The van der Waals surface area contributed by atoms with Gasteiger partial charge in [-0.1, -0.05) is 32.0 Å². The van der Waals surface area contributed by atoms with Crippen molar-refractivity contribution >= 4 is 5.69 Å². The Balaban J connectivity index is 2.28. The summed E-state index contributed by atoms with van der Waals surface area (Å²) in [5.74, 6) is 0. The van der Waals surface area contributed by atoms with Gasteiger partial charge in [0.25, 0.3) is 0 Å². The Morgan fingerprint density at radius 3 is 2.50 bits per heavy atom. The third-order valence-electron chi connectivity index (χ3n) is 4.42. The Kier molecular flexibility index (Phi) is 3.67. The standard InChI is InChI=1S/C16H25NO/c1-5-17(13-9-7-6-8-12(13)2)14-10-11-16(3,4)15(14)18/h6-9,14-15,18H,5,10-11H2,1-4H3. The molecular weight excluding hydrogens is 222 g/mol. The molecule has 1 fully saturated rings. The highest BCUT2D eigenvalue weighted by atomic mass is 16.3. The summed E-state index contributed by atoms with van der Waals surface area (Å²) in [7, 11) is 0. The van der Waals surface area contributed by atoms with Crippen LogP contribution < -0.4 is 4.90 Å². The van der Waals surface area contributed by atoms with Gasteiger partial charge in [-0.2, -0.15) is 0 Å². The van der Waals surface area contributed by atoms with Crippen molar-refractivity contribution in [2.45, 2.75) is 52.7 Å². The van der Waals surface area contributed by atoms with E-state index in [9.17, 15) is 5.11 Å². The van der Waals surface area contributed by atoms with E-state index in [-0.39, 0.29) is 17.6 Å². The van der Waals surface area contributed by atoms with Crippen molar-refractivity contribution in [3.63, 3.8) is 0 Å². The molecule has 1 aliphatic carbocycles. The highest BCUT2D eigenvalue weighted by Gasteiger charge is 2.43. The largest absolute Gasteiger partial charge is 0.390 e. The summed E-state index contributed by atoms with van der Waals surface area (Å²) in [4.78, 5) is 2.37. The molecule has 0 saturated heterocycles. The van der Waals surface area contributed by atoms with Crippen LogP contribution >= 0.6 is 0 Å². The van der Waals surface area contributed by atoms with E-state index in [0.29, 0.717) is 0 Å². The normalized spacial score (nSPS) is 26.3. The second-order valence-corrected chi connectivity index (χ2v) is 6.11. The van der Waals surface area contributed by atoms with E-state index in [1.54, 1.807) is 0 Å². The lowest BCUT2D eigenvalue weighted by Gasteiger charge is -2.36. The average molecular weight is 247 g/mol. The summed E-state index contributed by atoms with van der Waals surface area (Å²) >= 11 is 0. The molecule has 0 spiro atoms. The molecule has 2 nitrogen and oxygen atoms in total. The fourth-order valence-corrected chi connectivity index (χ4v) is 3.14. The summed E-state index contributed by atoms with van der Waals surface area (Å²) in [5, 5.41) is 10.5. The maximum absolute atomic E-state index is 10.5. The molecule has 0 amide bonds. The van der Waals surface area contributed by atoms with Gasteiger partial charge in [0.05, 0.1) is 12.1 Å². The average Bonchev–Trinajstić information content (AvgIpc) is 2.60. The van der Waals surface area contributed by atoms with Crippen molar-refractivity contribution in [2.75, 3.05) is 11.4 Å². The number of nitrogens with zero attached hydrogens (tertiary/aromatic N) is 1. The maximum atomic E-state index is 10.5. The second kappa shape index (κ2) is 4.93. The van der Waals surface area contributed by atoms with E-state index < -0.39 is 0 Å². The van der Waals surface area contributed by atoms with E-state index in [1.807, 2.05) is 0 Å². The van der Waals surface area contributed by atoms with Gasteiger partial charge in [-0.3, -0.25) is 0 Å². The molecule has 1 aromatic rings. The van der Waals surface area contributed by atoms with E-state index in [0.717, 1.165) is 19.4 Å². The molecule has 0 heterocycles. The molecule has 0 aromatic heterocycles. The van der Waals surface area contributed by atoms with Gasteiger partial charge in [0.2, 0.25) is 0 Å². The third-order valence-corrected chi connectivity index (χ3v) is 4.42. The van der Waals surface area contributed by atoms with E-state index in [1.165, 1.54) is 11.3 Å². The van der Waals surface area contributed by atoms with Crippen LogP contribution in [0.3, 0.4) is 0 Å². The van der Waals surface area contributed by atoms with Gasteiger partial charge in [0.15, 0.2) is 0 Å². The number of rotatable bonds is 3. The van der Waals surface area contributed by atoms with Crippen LogP contribution in [0.4, 0.5) is 5.69 Å². The van der Waals surface area contributed by atoms with Gasteiger partial charge in [-0.05, 0) is 43.7 Å². The molecule has 2 heteroatoms. The molecule has 18 heavy (non-hydrogen) atoms. The second-order valence-electron chi connectivity index (χ2n) is 6.11.